The van der Waals surface area contributed by atoms with Gasteiger partial charge in [0.15, 0.2) is 0 Å². The largest absolute Gasteiger partial charge is 0.385 e. The van der Waals surface area contributed by atoms with E-state index < -0.39 is 0 Å². The first-order valence-corrected chi connectivity index (χ1v) is 6.13. The van der Waals surface area contributed by atoms with Crippen LogP contribution in [0.25, 0.3) is 10.8 Å². The highest BCUT2D eigenvalue weighted by Gasteiger charge is 1.96. The number of anilines is 1. The molecule has 1 nitrogen and oxygen atoms in total. The standard InChI is InChI=1S/C14H14BrN/c1-2-3-8-16-14-7-5-11-9-13(15)6-4-12(11)10-14/h2,4-7,9-10,16H,1,3,8H2. The number of benzene rings is 2. The molecule has 0 heterocycles. The summed E-state index contributed by atoms with van der Waals surface area (Å²) in [6, 6.07) is 12.7. The highest BCUT2D eigenvalue weighted by molar-refractivity contribution is 9.10. The Kier molecular flexibility index (Phi) is 3.62. The van der Waals surface area contributed by atoms with Gasteiger partial charge in [0.25, 0.3) is 0 Å². The number of fused-ring (bicyclic) bond motifs is 1. The second-order valence-electron chi connectivity index (χ2n) is 3.71. The van der Waals surface area contributed by atoms with Gasteiger partial charge in [-0.15, -0.1) is 6.58 Å². The maximum absolute atomic E-state index is 3.71. The van der Waals surface area contributed by atoms with Crippen molar-refractivity contribution >= 4 is 32.4 Å². The van der Waals surface area contributed by atoms with Crippen LogP contribution < -0.4 is 5.32 Å². The minimum absolute atomic E-state index is 0.936. The molecule has 2 heteroatoms. The van der Waals surface area contributed by atoms with Gasteiger partial charge in [-0.3, -0.25) is 0 Å². The van der Waals surface area contributed by atoms with E-state index in [0.717, 1.165) is 23.1 Å². The summed E-state index contributed by atoms with van der Waals surface area (Å²) in [7, 11) is 0. The van der Waals surface area contributed by atoms with Gasteiger partial charge in [0.1, 0.15) is 0 Å². The van der Waals surface area contributed by atoms with Crippen molar-refractivity contribution in [3.05, 3.63) is 53.5 Å². The Morgan fingerprint density at radius 2 is 1.88 bits per heavy atom. The van der Waals surface area contributed by atoms with Crippen LogP contribution in [-0.4, -0.2) is 6.54 Å². The highest BCUT2D eigenvalue weighted by Crippen LogP contribution is 2.22. The number of hydrogen-bond donors (Lipinski definition) is 1. The Morgan fingerprint density at radius 1 is 1.12 bits per heavy atom. The SMILES string of the molecule is C=CCCNc1ccc2cc(Br)ccc2c1. The summed E-state index contributed by atoms with van der Waals surface area (Å²) >= 11 is 3.48. The van der Waals surface area contributed by atoms with Crippen LogP contribution in [0.1, 0.15) is 6.42 Å². The summed E-state index contributed by atoms with van der Waals surface area (Å²) < 4.78 is 1.12. The van der Waals surface area contributed by atoms with Gasteiger partial charge < -0.3 is 5.32 Å². The molecule has 0 aliphatic heterocycles. The summed E-state index contributed by atoms with van der Waals surface area (Å²) in [5.74, 6) is 0. The summed E-state index contributed by atoms with van der Waals surface area (Å²) in [4.78, 5) is 0. The first kappa shape index (κ1) is 11.2. The van der Waals surface area contributed by atoms with Gasteiger partial charge in [0.2, 0.25) is 0 Å². The molecule has 0 aliphatic carbocycles. The van der Waals surface area contributed by atoms with Gasteiger partial charge in [-0.05, 0) is 41.5 Å². The summed E-state index contributed by atoms with van der Waals surface area (Å²) in [5.41, 5.74) is 1.16. The predicted octanol–water partition coefficient (Wildman–Crippen LogP) is 4.59. The third-order valence-electron chi connectivity index (χ3n) is 2.48. The molecule has 2 aromatic carbocycles. The fourth-order valence-electron chi connectivity index (χ4n) is 1.65. The van der Waals surface area contributed by atoms with Gasteiger partial charge >= 0.3 is 0 Å². The monoisotopic (exact) mass is 275 g/mol. The molecule has 2 rings (SSSR count). The van der Waals surface area contributed by atoms with Crippen molar-refractivity contribution in [3.63, 3.8) is 0 Å². The molecule has 0 saturated carbocycles. The van der Waals surface area contributed by atoms with E-state index in [4.69, 9.17) is 0 Å². The summed E-state index contributed by atoms with van der Waals surface area (Å²) in [5, 5.41) is 5.88. The molecule has 0 radical (unpaired) electrons. The lowest BCUT2D eigenvalue weighted by Crippen LogP contribution is -1.99. The van der Waals surface area contributed by atoms with E-state index in [1.54, 1.807) is 0 Å². The Labute approximate surface area is 104 Å². The van der Waals surface area contributed by atoms with E-state index in [-0.39, 0.29) is 0 Å². The van der Waals surface area contributed by atoms with Crippen LogP contribution in [0, 0.1) is 0 Å². The number of rotatable bonds is 4. The lowest BCUT2D eigenvalue weighted by molar-refractivity contribution is 1.07. The average Bonchev–Trinajstić information content (AvgIpc) is 2.29. The molecule has 0 bridgehead atoms. The Balaban J connectivity index is 2.23. The molecule has 16 heavy (non-hydrogen) atoms. The molecule has 0 atom stereocenters. The van der Waals surface area contributed by atoms with Crippen molar-refractivity contribution in [1.82, 2.24) is 0 Å². The van der Waals surface area contributed by atoms with Crippen LogP contribution in [0.3, 0.4) is 0 Å². The zero-order valence-electron chi connectivity index (χ0n) is 9.04. The van der Waals surface area contributed by atoms with E-state index in [9.17, 15) is 0 Å². The topological polar surface area (TPSA) is 12.0 Å². The number of halogens is 1. The van der Waals surface area contributed by atoms with Crippen LogP contribution in [-0.2, 0) is 0 Å². The normalized spacial score (nSPS) is 10.3. The van der Waals surface area contributed by atoms with Crippen molar-refractivity contribution in [2.24, 2.45) is 0 Å². The molecule has 82 valence electrons. The lowest BCUT2D eigenvalue weighted by Gasteiger charge is -2.06. The smallest absolute Gasteiger partial charge is 0.0346 e. The van der Waals surface area contributed by atoms with Gasteiger partial charge in [-0.2, -0.15) is 0 Å². The minimum Gasteiger partial charge on any atom is -0.385 e. The Morgan fingerprint density at radius 3 is 2.69 bits per heavy atom. The lowest BCUT2D eigenvalue weighted by atomic mass is 10.1. The molecule has 0 spiro atoms. The van der Waals surface area contributed by atoms with Crippen LogP contribution >= 0.6 is 15.9 Å². The molecule has 0 saturated heterocycles. The van der Waals surface area contributed by atoms with E-state index in [1.165, 1.54) is 10.8 Å². The molecule has 0 unspecified atom stereocenters. The maximum atomic E-state index is 3.71. The summed E-state index contributed by atoms with van der Waals surface area (Å²) in [6.07, 6.45) is 2.91. The van der Waals surface area contributed by atoms with Crippen molar-refractivity contribution < 1.29 is 0 Å². The van der Waals surface area contributed by atoms with Crippen LogP contribution in [0.2, 0.25) is 0 Å². The van der Waals surface area contributed by atoms with Gasteiger partial charge in [0.05, 0.1) is 0 Å². The summed E-state index contributed by atoms with van der Waals surface area (Å²) in [6.45, 7) is 4.64. The molecular weight excluding hydrogens is 262 g/mol. The van der Waals surface area contributed by atoms with E-state index >= 15 is 0 Å². The second kappa shape index (κ2) is 5.17. The molecule has 0 fully saturated rings. The first-order valence-electron chi connectivity index (χ1n) is 5.34. The molecule has 2 aromatic rings. The third kappa shape index (κ3) is 2.64. The zero-order valence-corrected chi connectivity index (χ0v) is 10.6. The minimum atomic E-state index is 0.936. The van der Waals surface area contributed by atoms with Gasteiger partial charge in [0, 0.05) is 16.7 Å². The van der Waals surface area contributed by atoms with Crippen molar-refractivity contribution in [1.29, 1.82) is 0 Å². The molecule has 0 aliphatic rings. The first-order chi connectivity index (χ1) is 7.79. The van der Waals surface area contributed by atoms with E-state index in [0.29, 0.717) is 0 Å². The van der Waals surface area contributed by atoms with Gasteiger partial charge in [-0.1, -0.05) is 34.1 Å². The van der Waals surface area contributed by atoms with Crippen molar-refractivity contribution in [3.8, 4) is 0 Å². The molecular formula is C14H14BrN. The van der Waals surface area contributed by atoms with Crippen LogP contribution in [0.15, 0.2) is 53.5 Å². The van der Waals surface area contributed by atoms with Gasteiger partial charge in [-0.25, -0.2) is 0 Å². The molecule has 1 N–H and O–H groups in total. The van der Waals surface area contributed by atoms with E-state index in [1.807, 2.05) is 6.08 Å². The predicted molar refractivity (Wildman–Crippen MR) is 75.0 cm³/mol. The zero-order chi connectivity index (χ0) is 11.4. The van der Waals surface area contributed by atoms with Crippen molar-refractivity contribution in [2.45, 2.75) is 6.42 Å². The van der Waals surface area contributed by atoms with E-state index in [2.05, 4.69) is 64.2 Å². The fraction of sp³-hybridized carbons (Fsp3) is 0.143. The highest BCUT2D eigenvalue weighted by atomic mass is 79.9. The number of hydrogen-bond acceptors (Lipinski definition) is 1. The maximum Gasteiger partial charge on any atom is 0.0346 e. The Bertz CT molecular complexity index is 505. The quantitative estimate of drug-likeness (QED) is 0.636. The Hall–Kier alpha value is -1.28. The molecule has 0 amide bonds. The second-order valence-corrected chi connectivity index (χ2v) is 4.63. The average molecular weight is 276 g/mol. The fourth-order valence-corrected chi connectivity index (χ4v) is 2.02. The third-order valence-corrected chi connectivity index (χ3v) is 2.97. The number of nitrogens with one attached hydrogen (secondary N) is 1. The van der Waals surface area contributed by atoms with Crippen LogP contribution in [0.5, 0.6) is 0 Å². The van der Waals surface area contributed by atoms with Crippen molar-refractivity contribution in [2.75, 3.05) is 11.9 Å². The molecule has 0 aromatic heterocycles. The van der Waals surface area contributed by atoms with Crippen LogP contribution in [0.4, 0.5) is 5.69 Å².